The number of fused-ring (bicyclic) bond motifs is 1. The van der Waals surface area contributed by atoms with E-state index in [1.807, 2.05) is 37.3 Å². The van der Waals surface area contributed by atoms with E-state index in [1.165, 1.54) is 0 Å². The summed E-state index contributed by atoms with van der Waals surface area (Å²) in [5.41, 5.74) is 2.41. The molecule has 7 nitrogen and oxygen atoms in total. The highest BCUT2D eigenvalue weighted by Gasteiger charge is 2.12. The van der Waals surface area contributed by atoms with Gasteiger partial charge >= 0.3 is 0 Å². The second-order valence-corrected chi connectivity index (χ2v) is 5.64. The van der Waals surface area contributed by atoms with E-state index in [1.54, 1.807) is 16.8 Å². The Morgan fingerprint density at radius 3 is 2.96 bits per heavy atom. The monoisotopic (exact) mass is 340 g/mol. The van der Waals surface area contributed by atoms with Gasteiger partial charge in [-0.2, -0.15) is 14.6 Å². The maximum atomic E-state index is 6.16. The van der Waals surface area contributed by atoms with Gasteiger partial charge in [0.1, 0.15) is 5.82 Å². The number of hydrogen-bond acceptors (Lipinski definition) is 6. The Bertz CT molecular complexity index is 1010. The summed E-state index contributed by atoms with van der Waals surface area (Å²) in [5.74, 6) is 1.73. The summed E-state index contributed by atoms with van der Waals surface area (Å²) in [6.45, 7) is 2.30. The molecule has 4 aromatic rings. The van der Waals surface area contributed by atoms with Crippen molar-refractivity contribution in [2.75, 3.05) is 5.32 Å². The smallest absolute Gasteiger partial charge is 0.246 e. The molecule has 0 aliphatic carbocycles. The van der Waals surface area contributed by atoms with Gasteiger partial charge in [-0.1, -0.05) is 28.9 Å². The van der Waals surface area contributed by atoms with Gasteiger partial charge in [-0.25, -0.2) is 4.98 Å². The molecule has 0 aliphatic rings. The number of nitrogens with one attached hydrogen (secondary N) is 1. The van der Waals surface area contributed by atoms with Crippen LogP contribution in [0.3, 0.4) is 0 Å². The van der Waals surface area contributed by atoms with Gasteiger partial charge < -0.3 is 9.84 Å². The van der Waals surface area contributed by atoms with Crippen LogP contribution in [-0.4, -0.2) is 24.7 Å². The van der Waals surface area contributed by atoms with Crippen LogP contribution in [0.25, 0.3) is 17.0 Å². The van der Waals surface area contributed by atoms with Crippen molar-refractivity contribution < 1.29 is 4.52 Å². The Morgan fingerprint density at radius 1 is 1.21 bits per heavy atom. The molecule has 0 amide bonds. The third kappa shape index (κ3) is 2.69. The predicted molar refractivity (Wildman–Crippen MR) is 89.8 cm³/mol. The Morgan fingerprint density at radius 2 is 2.08 bits per heavy atom. The molecule has 1 aromatic carbocycles. The topological polar surface area (TPSA) is 81.1 Å². The largest absolute Gasteiger partial charge is 0.361 e. The number of rotatable bonds is 4. The molecule has 0 bridgehead atoms. The van der Waals surface area contributed by atoms with Gasteiger partial charge in [0.15, 0.2) is 5.65 Å². The van der Waals surface area contributed by atoms with Crippen molar-refractivity contribution in [2.45, 2.75) is 13.5 Å². The number of halogens is 1. The highest BCUT2D eigenvalue weighted by molar-refractivity contribution is 6.33. The molecule has 0 aliphatic heterocycles. The molecule has 120 valence electrons. The fraction of sp³-hybridized carbons (Fsp3) is 0.125. The van der Waals surface area contributed by atoms with E-state index in [2.05, 4.69) is 25.5 Å². The van der Waals surface area contributed by atoms with Crippen molar-refractivity contribution >= 4 is 23.1 Å². The summed E-state index contributed by atoms with van der Waals surface area (Å²) in [4.78, 5) is 8.78. The van der Waals surface area contributed by atoms with Crippen molar-refractivity contribution in [3.8, 4) is 11.4 Å². The number of hydrogen-bond donors (Lipinski definition) is 1. The van der Waals surface area contributed by atoms with Crippen LogP contribution in [0, 0.1) is 6.92 Å². The molecule has 0 fully saturated rings. The van der Waals surface area contributed by atoms with Crippen LogP contribution >= 0.6 is 11.6 Å². The van der Waals surface area contributed by atoms with Crippen LogP contribution in [-0.2, 0) is 6.54 Å². The van der Waals surface area contributed by atoms with E-state index in [0.29, 0.717) is 23.3 Å². The van der Waals surface area contributed by atoms with Crippen LogP contribution in [0.5, 0.6) is 0 Å². The zero-order valence-corrected chi connectivity index (χ0v) is 13.5. The van der Waals surface area contributed by atoms with Gasteiger partial charge in [0.2, 0.25) is 11.7 Å². The minimum absolute atomic E-state index is 0.371. The molecule has 3 heterocycles. The summed E-state index contributed by atoms with van der Waals surface area (Å²) < 4.78 is 7.01. The van der Waals surface area contributed by atoms with Gasteiger partial charge in [-0.05, 0) is 19.1 Å². The summed E-state index contributed by atoms with van der Waals surface area (Å²) >= 11 is 6.16. The van der Waals surface area contributed by atoms with E-state index in [-0.39, 0.29) is 0 Å². The van der Waals surface area contributed by atoms with Gasteiger partial charge in [0.05, 0.1) is 17.8 Å². The lowest BCUT2D eigenvalue weighted by Crippen LogP contribution is -2.06. The molecule has 0 spiro atoms. The Labute approximate surface area is 142 Å². The van der Waals surface area contributed by atoms with Crippen LogP contribution in [0.15, 0.2) is 47.1 Å². The number of nitrogens with zero attached hydrogens (tertiary/aromatic N) is 5. The van der Waals surface area contributed by atoms with Crippen LogP contribution in [0.1, 0.15) is 11.6 Å². The van der Waals surface area contributed by atoms with Crippen molar-refractivity contribution in [3.63, 3.8) is 0 Å². The highest BCUT2D eigenvalue weighted by atomic mass is 35.5. The maximum Gasteiger partial charge on any atom is 0.246 e. The molecule has 0 saturated carbocycles. The second kappa shape index (κ2) is 5.93. The molecule has 3 aromatic heterocycles. The minimum atomic E-state index is 0.371. The van der Waals surface area contributed by atoms with Crippen molar-refractivity contribution in [1.29, 1.82) is 0 Å². The first kappa shape index (κ1) is 14.6. The minimum Gasteiger partial charge on any atom is -0.361 e. The molecule has 24 heavy (non-hydrogen) atoms. The third-order valence-electron chi connectivity index (χ3n) is 3.49. The third-order valence-corrected chi connectivity index (χ3v) is 3.82. The lowest BCUT2D eigenvalue weighted by atomic mass is 10.2. The molecule has 8 heteroatoms. The SMILES string of the molecule is Cc1cc(NCc2nc(-c3ccccc3Cl)no2)n2nccc2n1. The van der Waals surface area contributed by atoms with Crippen molar-refractivity contribution in [1.82, 2.24) is 24.7 Å². The molecule has 0 saturated heterocycles. The first-order valence-corrected chi connectivity index (χ1v) is 7.71. The quantitative estimate of drug-likeness (QED) is 0.613. The highest BCUT2D eigenvalue weighted by Crippen LogP contribution is 2.25. The van der Waals surface area contributed by atoms with Crippen molar-refractivity contribution in [3.05, 3.63) is 59.2 Å². The molecule has 4 rings (SSSR count). The maximum absolute atomic E-state index is 6.16. The predicted octanol–water partition coefficient (Wildman–Crippen LogP) is 3.35. The number of aryl methyl sites for hydroxylation is 1. The Hall–Kier alpha value is -2.93. The first-order chi connectivity index (χ1) is 11.7. The normalized spacial score (nSPS) is 11.1. The van der Waals surface area contributed by atoms with E-state index in [0.717, 1.165) is 22.7 Å². The molecule has 1 N–H and O–H groups in total. The summed E-state index contributed by atoms with van der Waals surface area (Å²) in [6, 6.07) is 11.1. The zero-order chi connectivity index (χ0) is 16.5. The molecule has 0 atom stereocenters. The van der Waals surface area contributed by atoms with E-state index < -0.39 is 0 Å². The van der Waals surface area contributed by atoms with E-state index in [4.69, 9.17) is 16.1 Å². The van der Waals surface area contributed by atoms with Gasteiger partial charge in [0.25, 0.3) is 0 Å². The van der Waals surface area contributed by atoms with Gasteiger partial charge in [0, 0.05) is 23.4 Å². The number of aromatic nitrogens is 5. The second-order valence-electron chi connectivity index (χ2n) is 5.23. The summed E-state index contributed by atoms with van der Waals surface area (Å²) in [7, 11) is 0. The van der Waals surface area contributed by atoms with E-state index >= 15 is 0 Å². The van der Waals surface area contributed by atoms with Gasteiger partial charge in [-0.15, -0.1) is 0 Å². The van der Waals surface area contributed by atoms with Gasteiger partial charge in [-0.3, -0.25) is 0 Å². The average molecular weight is 341 g/mol. The lowest BCUT2D eigenvalue weighted by molar-refractivity contribution is 0.384. The summed E-state index contributed by atoms with van der Waals surface area (Å²) in [5, 5.41) is 12.1. The Balaban J connectivity index is 1.56. The Kier molecular flexibility index (Phi) is 3.62. The fourth-order valence-corrected chi connectivity index (χ4v) is 2.63. The molecular formula is C16H13ClN6O. The van der Waals surface area contributed by atoms with Crippen LogP contribution < -0.4 is 5.32 Å². The lowest BCUT2D eigenvalue weighted by Gasteiger charge is -2.06. The van der Waals surface area contributed by atoms with E-state index in [9.17, 15) is 0 Å². The first-order valence-electron chi connectivity index (χ1n) is 7.33. The summed E-state index contributed by atoms with van der Waals surface area (Å²) in [6.07, 6.45) is 1.70. The van der Waals surface area contributed by atoms with Crippen LogP contribution in [0.4, 0.5) is 5.82 Å². The molecule has 0 unspecified atom stereocenters. The average Bonchev–Trinajstić information content (AvgIpc) is 3.22. The molecular weight excluding hydrogens is 328 g/mol. The molecule has 0 radical (unpaired) electrons. The fourth-order valence-electron chi connectivity index (χ4n) is 2.41. The zero-order valence-electron chi connectivity index (χ0n) is 12.8. The number of anilines is 1. The van der Waals surface area contributed by atoms with Crippen molar-refractivity contribution in [2.24, 2.45) is 0 Å². The van der Waals surface area contributed by atoms with Crippen LogP contribution in [0.2, 0.25) is 5.02 Å². The number of benzene rings is 1. The standard InChI is InChI=1S/C16H13ClN6O/c1-10-8-14(23-13(20-10)6-7-19-23)18-9-15-21-16(22-24-15)11-4-2-3-5-12(11)17/h2-8,18H,9H2,1H3.